The molecule has 6 nitrogen and oxygen atoms in total. The van der Waals surface area contributed by atoms with Gasteiger partial charge in [0, 0.05) is 0 Å². The van der Waals surface area contributed by atoms with Crippen LogP contribution in [0.2, 0.25) is 0 Å². The molecule has 0 atom stereocenters. The van der Waals surface area contributed by atoms with Crippen LogP contribution in [-0.4, -0.2) is 58.8 Å². The fraction of sp³-hybridized carbons (Fsp3) is 0.265. The van der Waals surface area contributed by atoms with E-state index in [2.05, 4.69) is 36.4 Å². The van der Waals surface area contributed by atoms with Gasteiger partial charge in [0.1, 0.15) is 12.2 Å². The highest BCUT2D eigenvalue weighted by Crippen LogP contribution is 2.40. The molecule has 0 saturated carbocycles. The van der Waals surface area contributed by atoms with Crippen molar-refractivity contribution in [1.82, 2.24) is 0 Å². The molecule has 0 unspecified atom stereocenters. The molecular formula is C34H36O6. The van der Waals surface area contributed by atoms with Crippen molar-refractivity contribution < 1.29 is 28.5 Å². The van der Waals surface area contributed by atoms with Crippen molar-refractivity contribution in [2.45, 2.75) is 5.60 Å². The lowest BCUT2D eigenvalue weighted by Crippen LogP contribution is -2.34. The second-order valence-electron chi connectivity index (χ2n) is 8.97. The average molecular weight is 541 g/mol. The largest absolute Gasteiger partial charge is 0.460 e. The van der Waals surface area contributed by atoms with Crippen LogP contribution in [0.4, 0.5) is 0 Å². The number of carbonyl (C=O) groups excluding carboxylic acids is 1. The minimum Gasteiger partial charge on any atom is -0.460 e. The zero-order chi connectivity index (χ0) is 27.7. The third kappa shape index (κ3) is 8.34. The fourth-order valence-corrected chi connectivity index (χ4v) is 4.42. The Bertz CT molecular complexity index is 1140. The highest BCUT2D eigenvalue weighted by molar-refractivity contribution is 5.89. The van der Waals surface area contributed by atoms with E-state index in [1.54, 1.807) is 24.3 Å². The van der Waals surface area contributed by atoms with E-state index in [0.717, 1.165) is 16.7 Å². The SMILES string of the molecule is O=C(OCCOCCOCCOCCOC(c1ccccc1)(c1ccccc1)c1ccccc1)c1ccccc1. The van der Waals surface area contributed by atoms with E-state index in [-0.39, 0.29) is 12.6 Å². The van der Waals surface area contributed by atoms with Crippen molar-refractivity contribution in [3.63, 3.8) is 0 Å². The molecule has 0 fully saturated rings. The summed E-state index contributed by atoms with van der Waals surface area (Å²) in [4.78, 5) is 11.9. The van der Waals surface area contributed by atoms with Crippen molar-refractivity contribution in [3.05, 3.63) is 144 Å². The highest BCUT2D eigenvalue weighted by atomic mass is 16.6. The average Bonchev–Trinajstić information content (AvgIpc) is 3.03. The van der Waals surface area contributed by atoms with E-state index in [0.29, 0.717) is 51.8 Å². The van der Waals surface area contributed by atoms with Gasteiger partial charge < -0.3 is 23.7 Å². The van der Waals surface area contributed by atoms with Crippen LogP contribution in [0.15, 0.2) is 121 Å². The predicted molar refractivity (Wildman–Crippen MR) is 154 cm³/mol. The molecule has 40 heavy (non-hydrogen) atoms. The Morgan fingerprint density at radius 2 is 0.800 bits per heavy atom. The molecule has 208 valence electrons. The summed E-state index contributed by atoms with van der Waals surface area (Å²) in [6.07, 6.45) is 0. The monoisotopic (exact) mass is 540 g/mol. The summed E-state index contributed by atoms with van der Waals surface area (Å²) in [6, 6.07) is 39.8. The molecule has 0 bridgehead atoms. The third-order valence-electron chi connectivity index (χ3n) is 6.30. The van der Waals surface area contributed by atoms with Crippen LogP contribution in [0.1, 0.15) is 27.0 Å². The molecule has 0 aliphatic carbocycles. The number of esters is 1. The molecule has 6 heteroatoms. The minimum atomic E-state index is -0.754. The third-order valence-corrected chi connectivity index (χ3v) is 6.30. The van der Waals surface area contributed by atoms with Gasteiger partial charge in [-0.15, -0.1) is 0 Å². The van der Waals surface area contributed by atoms with Gasteiger partial charge in [-0.25, -0.2) is 4.79 Å². The fourth-order valence-electron chi connectivity index (χ4n) is 4.42. The van der Waals surface area contributed by atoms with Gasteiger partial charge in [-0.05, 0) is 28.8 Å². The van der Waals surface area contributed by atoms with Crippen molar-refractivity contribution >= 4 is 5.97 Å². The van der Waals surface area contributed by atoms with E-state index in [4.69, 9.17) is 23.7 Å². The predicted octanol–water partition coefficient (Wildman–Crippen LogP) is 5.90. The Hall–Kier alpha value is -3.81. The van der Waals surface area contributed by atoms with Crippen molar-refractivity contribution in [3.8, 4) is 0 Å². The second kappa shape index (κ2) is 16.3. The van der Waals surface area contributed by atoms with Gasteiger partial charge in [-0.2, -0.15) is 0 Å². The molecule has 4 rings (SSSR count). The van der Waals surface area contributed by atoms with Crippen LogP contribution in [-0.2, 0) is 29.3 Å². The first-order valence-corrected chi connectivity index (χ1v) is 13.6. The van der Waals surface area contributed by atoms with Crippen LogP contribution in [0.25, 0.3) is 0 Å². The topological polar surface area (TPSA) is 63.2 Å². The minimum absolute atomic E-state index is 0.202. The van der Waals surface area contributed by atoms with Gasteiger partial charge in [0.05, 0.1) is 51.8 Å². The Morgan fingerprint density at radius 1 is 0.450 bits per heavy atom. The van der Waals surface area contributed by atoms with Gasteiger partial charge in [-0.1, -0.05) is 109 Å². The summed E-state index contributed by atoms with van der Waals surface area (Å²) < 4.78 is 28.7. The van der Waals surface area contributed by atoms with Crippen LogP contribution in [0.5, 0.6) is 0 Å². The highest BCUT2D eigenvalue weighted by Gasteiger charge is 2.37. The summed E-state index contributed by atoms with van der Waals surface area (Å²) in [5, 5.41) is 0. The number of benzene rings is 4. The summed E-state index contributed by atoms with van der Waals surface area (Å²) in [6.45, 7) is 3.12. The Balaban J connectivity index is 1.16. The summed E-state index contributed by atoms with van der Waals surface area (Å²) in [5.41, 5.74) is 2.96. The Morgan fingerprint density at radius 3 is 1.23 bits per heavy atom. The zero-order valence-electron chi connectivity index (χ0n) is 22.7. The maximum absolute atomic E-state index is 11.9. The molecule has 0 amide bonds. The zero-order valence-corrected chi connectivity index (χ0v) is 22.7. The molecule has 4 aromatic carbocycles. The number of ether oxygens (including phenoxy) is 5. The van der Waals surface area contributed by atoms with Gasteiger partial charge in [0.2, 0.25) is 0 Å². The maximum Gasteiger partial charge on any atom is 0.338 e. The summed E-state index contributed by atoms with van der Waals surface area (Å²) in [5.74, 6) is -0.352. The van der Waals surface area contributed by atoms with E-state index in [9.17, 15) is 4.79 Å². The maximum atomic E-state index is 11.9. The first-order chi connectivity index (χ1) is 19.8. The van der Waals surface area contributed by atoms with E-state index in [1.807, 2.05) is 60.7 Å². The first kappa shape index (κ1) is 29.2. The molecule has 0 N–H and O–H groups in total. The summed E-state index contributed by atoms with van der Waals surface area (Å²) >= 11 is 0. The lowest BCUT2D eigenvalue weighted by molar-refractivity contribution is -0.0378. The van der Waals surface area contributed by atoms with Crippen molar-refractivity contribution in [2.75, 3.05) is 52.9 Å². The van der Waals surface area contributed by atoms with Gasteiger partial charge in [-0.3, -0.25) is 0 Å². The molecule has 0 aliphatic rings. The molecule has 0 aromatic heterocycles. The lowest BCUT2D eigenvalue weighted by atomic mass is 9.80. The second-order valence-corrected chi connectivity index (χ2v) is 8.97. The lowest BCUT2D eigenvalue weighted by Gasteiger charge is -2.36. The van der Waals surface area contributed by atoms with E-state index >= 15 is 0 Å². The standard InChI is InChI=1S/C34H36O6/c35-33(29-13-5-1-6-14-29)39-27-25-37-23-21-36-22-24-38-26-28-40-34(30-15-7-2-8-16-30,31-17-9-3-10-18-31)32-19-11-4-12-20-32/h1-20H,21-28H2. The number of hydrogen-bond donors (Lipinski definition) is 0. The molecule has 0 radical (unpaired) electrons. The molecule has 4 aromatic rings. The molecule has 0 saturated heterocycles. The smallest absolute Gasteiger partial charge is 0.338 e. The van der Waals surface area contributed by atoms with Crippen LogP contribution < -0.4 is 0 Å². The van der Waals surface area contributed by atoms with E-state index in [1.165, 1.54) is 0 Å². The quantitative estimate of drug-likeness (QED) is 0.0944. The Kier molecular flexibility index (Phi) is 11.9. The Labute approximate surface area is 236 Å². The number of rotatable bonds is 17. The van der Waals surface area contributed by atoms with Crippen molar-refractivity contribution in [2.24, 2.45) is 0 Å². The molecule has 0 heterocycles. The molecule has 0 spiro atoms. The van der Waals surface area contributed by atoms with Gasteiger partial charge in [0.15, 0.2) is 0 Å². The normalized spacial score (nSPS) is 11.3. The molecule has 0 aliphatic heterocycles. The van der Waals surface area contributed by atoms with Crippen LogP contribution >= 0.6 is 0 Å². The van der Waals surface area contributed by atoms with Crippen molar-refractivity contribution in [1.29, 1.82) is 0 Å². The number of hydrogen-bond acceptors (Lipinski definition) is 6. The van der Waals surface area contributed by atoms with Crippen LogP contribution in [0, 0.1) is 0 Å². The molecular weight excluding hydrogens is 504 g/mol. The van der Waals surface area contributed by atoms with Crippen LogP contribution in [0.3, 0.4) is 0 Å². The number of carbonyl (C=O) groups is 1. The summed E-state index contributed by atoms with van der Waals surface area (Å²) in [7, 11) is 0. The van der Waals surface area contributed by atoms with Gasteiger partial charge in [0.25, 0.3) is 0 Å². The van der Waals surface area contributed by atoms with E-state index < -0.39 is 5.60 Å². The van der Waals surface area contributed by atoms with Gasteiger partial charge >= 0.3 is 5.97 Å². The first-order valence-electron chi connectivity index (χ1n) is 13.6.